The van der Waals surface area contributed by atoms with Gasteiger partial charge in [-0.15, -0.1) is 0 Å². The fourth-order valence-electron chi connectivity index (χ4n) is 5.08. The van der Waals surface area contributed by atoms with Crippen molar-refractivity contribution in [2.45, 2.75) is 32.9 Å². The number of hydrogen-bond donors (Lipinski definition) is 2. The highest BCUT2D eigenvalue weighted by Gasteiger charge is 2.42. The van der Waals surface area contributed by atoms with Crippen molar-refractivity contribution in [3.8, 4) is 11.4 Å². The molecule has 1 aliphatic rings. The number of carbonyl (C=O) groups is 1. The molecule has 0 radical (unpaired) electrons. The van der Waals surface area contributed by atoms with E-state index in [4.69, 9.17) is 17.0 Å². The van der Waals surface area contributed by atoms with Gasteiger partial charge >= 0.3 is 5.97 Å². The van der Waals surface area contributed by atoms with Crippen molar-refractivity contribution in [2.75, 3.05) is 11.5 Å². The lowest BCUT2D eigenvalue weighted by atomic mass is 9.96. The number of carboxylic acids is 1. The van der Waals surface area contributed by atoms with Gasteiger partial charge in [-0.05, 0) is 99.2 Å². The fourth-order valence-corrected chi connectivity index (χ4v) is 5.43. The number of ether oxygens (including phenoxy) is 1. The topological polar surface area (TPSA) is 79.6 Å². The van der Waals surface area contributed by atoms with Crippen molar-refractivity contribution in [1.29, 1.82) is 0 Å². The van der Waals surface area contributed by atoms with Crippen LogP contribution in [0.3, 0.4) is 0 Å². The number of nitrogens with zero attached hydrogens (tertiary/aromatic N) is 3. The van der Waals surface area contributed by atoms with Crippen LogP contribution < -0.4 is 15.0 Å². The molecular formula is C29H28N4O3S. The minimum atomic E-state index is -0.952. The summed E-state index contributed by atoms with van der Waals surface area (Å²) in [5.74, 6) is -0.148. The summed E-state index contributed by atoms with van der Waals surface area (Å²) in [6.45, 7) is 6.65. The Morgan fingerprint density at radius 3 is 2.51 bits per heavy atom. The van der Waals surface area contributed by atoms with E-state index in [0.717, 1.165) is 39.8 Å². The first kappa shape index (κ1) is 24.5. The molecule has 0 unspecified atom stereocenters. The number of thiocarbonyl (C=S) groups is 1. The van der Waals surface area contributed by atoms with E-state index in [1.54, 1.807) is 24.4 Å². The lowest BCUT2D eigenvalue weighted by Gasteiger charge is -2.28. The molecule has 0 saturated carbocycles. The lowest BCUT2D eigenvalue weighted by Crippen LogP contribution is -2.29. The third-order valence-electron chi connectivity index (χ3n) is 6.66. The SMILES string of the molecule is CCOc1ccc(N2C(=S)N[C@H](c3ccccn3)[C@H]2c2cc(C)n(-c3cccc(C(=O)O)c3)c2C)cc1. The van der Waals surface area contributed by atoms with Crippen molar-refractivity contribution in [2.24, 2.45) is 0 Å². The molecule has 0 spiro atoms. The van der Waals surface area contributed by atoms with Crippen LogP contribution >= 0.6 is 12.2 Å². The van der Waals surface area contributed by atoms with Crippen LogP contribution in [0, 0.1) is 13.8 Å². The van der Waals surface area contributed by atoms with E-state index in [1.807, 2.05) is 62.4 Å². The predicted octanol–water partition coefficient (Wildman–Crippen LogP) is 5.76. The molecule has 3 heterocycles. The Morgan fingerprint density at radius 1 is 1.05 bits per heavy atom. The van der Waals surface area contributed by atoms with Crippen LogP contribution in [0.2, 0.25) is 0 Å². The zero-order valence-electron chi connectivity index (χ0n) is 20.9. The number of aromatic nitrogens is 2. The Morgan fingerprint density at radius 2 is 1.84 bits per heavy atom. The van der Waals surface area contributed by atoms with Gasteiger partial charge in [0.1, 0.15) is 5.75 Å². The van der Waals surface area contributed by atoms with Crippen LogP contribution in [-0.2, 0) is 0 Å². The zero-order chi connectivity index (χ0) is 26.1. The van der Waals surface area contributed by atoms with Gasteiger partial charge in [-0.1, -0.05) is 12.1 Å². The zero-order valence-corrected chi connectivity index (χ0v) is 21.7. The Hall–Kier alpha value is -4.17. The molecule has 0 amide bonds. The second kappa shape index (κ2) is 10.1. The van der Waals surface area contributed by atoms with Gasteiger partial charge < -0.3 is 24.6 Å². The molecule has 1 aliphatic heterocycles. The highest BCUT2D eigenvalue weighted by Crippen LogP contribution is 2.44. The number of aryl methyl sites for hydroxylation is 1. The molecule has 7 nitrogen and oxygen atoms in total. The third-order valence-corrected chi connectivity index (χ3v) is 6.98. The van der Waals surface area contributed by atoms with Gasteiger partial charge in [0, 0.05) is 29.0 Å². The molecule has 2 N–H and O–H groups in total. The molecule has 0 aliphatic carbocycles. The number of carboxylic acid groups (broad SMARTS) is 1. The van der Waals surface area contributed by atoms with Gasteiger partial charge in [0.2, 0.25) is 0 Å². The van der Waals surface area contributed by atoms with Crippen LogP contribution in [-0.4, -0.2) is 32.3 Å². The van der Waals surface area contributed by atoms with Crippen LogP contribution in [0.4, 0.5) is 5.69 Å². The van der Waals surface area contributed by atoms with E-state index < -0.39 is 5.97 Å². The normalized spacial score (nSPS) is 17.1. The van der Waals surface area contributed by atoms with Crippen LogP contribution in [0.1, 0.15) is 52.0 Å². The van der Waals surface area contributed by atoms with E-state index in [-0.39, 0.29) is 17.6 Å². The highest BCUT2D eigenvalue weighted by molar-refractivity contribution is 7.80. The minimum absolute atomic E-state index is 0.178. The first-order valence-corrected chi connectivity index (χ1v) is 12.6. The van der Waals surface area contributed by atoms with Crippen molar-refractivity contribution in [3.05, 3.63) is 107 Å². The molecule has 188 valence electrons. The van der Waals surface area contributed by atoms with Crippen molar-refractivity contribution in [3.63, 3.8) is 0 Å². The number of benzene rings is 2. The summed E-state index contributed by atoms with van der Waals surface area (Å²) in [5.41, 5.74) is 5.97. The summed E-state index contributed by atoms with van der Waals surface area (Å²) in [7, 11) is 0. The molecule has 1 fully saturated rings. The Labute approximate surface area is 221 Å². The summed E-state index contributed by atoms with van der Waals surface area (Å²) >= 11 is 5.87. The van der Waals surface area contributed by atoms with Gasteiger partial charge in [-0.2, -0.15) is 0 Å². The van der Waals surface area contributed by atoms with E-state index in [9.17, 15) is 9.90 Å². The average molecular weight is 513 g/mol. The van der Waals surface area contributed by atoms with Crippen molar-refractivity contribution >= 4 is 29.0 Å². The van der Waals surface area contributed by atoms with Crippen LogP contribution in [0.15, 0.2) is 79.0 Å². The predicted molar refractivity (Wildman–Crippen MR) is 148 cm³/mol. The maximum Gasteiger partial charge on any atom is 0.335 e. The Bertz CT molecular complexity index is 1450. The second-order valence-electron chi connectivity index (χ2n) is 8.94. The minimum Gasteiger partial charge on any atom is -0.494 e. The van der Waals surface area contributed by atoms with E-state index >= 15 is 0 Å². The summed E-state index contributed by atoms with van der Waals surface area (Å²) in [6, 6.07) is 22.6. The van der Waals surface area contributed by atoms with Gasteiger partial charge in [-0.25, -0.2) is 4.79 Å². The molecule has 37 heavy (non-hydrogen) atoms. The number of pyridine rings is 1. The highest BCUT2D eigenvalue weighted by atomic mass is 32.1. The smallest absolute Gasteiger partial charge is 0.335 e. The first-order chi connectivity index (χ1) is 17.9. The summed E-state index contributed by atoms with van der Waals surface area (Å²) in [6.07, 6.45) is 1.79. The number of anilines is 1. The van der Waals surface area contributed by atoms with E-state index in [0.29, 0.717) is 11.7 Å². The van der Waals surface area contributed by atoms with E-state index in [1.165, 1.54) is 0 Å². The molecule has 1 saturated heterocycles. The van der Waals surface area contributed by atoms with Crippen molar-refractivity contribution in [1.82, 2.24) is 14.9 Å². The second-order valence-corrected chi connectivity index (χ2v) is 9.33. The molecular weight excluding hydrogens is 484 g/mol. The Kier molecular flexibility index (Phi) is 6.67. The summed E-state index contributed by atoms with van der Waals surface area (Å²) in [4.78, 5) is 18.4. The molecule has 2 aromatic heterocycles. The van der Waals surface area contributed by atoms with Crippen LogP contribution in [0.5, 0.6) is 5.75 Å². The number of aromatic carboxylic acids is 1. The van der Waals surface area contributed by atoms with Gasteiger partial charge in [0.15, 0.2) is 5.11 Å². The molecule has 4 aromatic rings. The summed E-state index contributed by atoms with van der Waals surface area (Å²) < 4.78 is 7.74. The Balaban J connectivity index is 1.64. The van der Waals surface area contributed by atoms with Gasteiger partial charge in [0.25, 0.3) is 0 Å². The standard InChI is InChI=1S/C29H28N4O3S/c1-4-36-23-13-11-21(12-14-23)33-27(26(31-29(33)37)25-10-5-6-15-30-25)24-16-18(2)32(19(24)3)22-9-7-8-20(17-22)28(34)35/h5-17,26-27H,4H2,1-3H3,(H,31,37)(H,34,35)/t26-,27-/m1/s1. The maximum atomic E-state index is 11.6. The first-order valence-electron chi connectivity index (χ1n) is 12.1. The van der Waals surface area contributed by atoms with Gasteiger partial charge in [0.05, 0.1) is 29.9 Å². The molecule has 2 aromatic carbocycles. The molecule has 2 atom stereocenters. The quantitative estimate of drug-likeness (QED) is 0.305. The third kappa shape index (κ3) is 4.56. The number of nitrogens with one attached hydrogen (secondary N) is 1. The molecule has 5 rings (SSSR count). The summed E-state index contributed by atoms with van der Waals surface area (Å²) in [5, 5.41) is 13.6. The monoisotopic (exact) mass is 512 g/mol. The van der Waals surface area contributed by atoms with Gasteiger partial charge in [-0.3, -0.25) is 4.98 Å². The van der Waals surface area contributed by atoms with E-state index in [2.05, 4.69) is 32.8 Å². The number of rotatable bonds is 7. The van der Waals surface area contributed by atoms with Crippen molar-refractivity contribution < 1.29 is 14.6 Å². The lowest BCUT2D eigenvalue weighted by molar-refractivity contribution is 0.0697. The maximum absolute atomic E-state index is 11.6. The molecule has 0 bridgehead atoms. The number of hydrogen-bond acceptors (Lipinski definition) is 4. The van der Waals surface area contributed by atoms with Crippen LogP contribution in [0.25, 0.3) is 5.69 Å². The fraction of sp³-hybridized carbons (Fsp3) is 0.207. The largest absolute Gasteiger partial charge is 0.494 e. The average Bonchev–Trinajstić information content (AvgIpc) is 3.40. The molecule has 8 heteroatoms.